The minimum atomic E-state index is -0.363. The Labute approximate surface area is 215 Å². The first-order valence-electron chi connectivity index (χ1n) is 14.1. The van der Waals surface area contributed by atoms with Gasteiger partial charge in [-0.3, -0.25) is 24.5 Å². The molecule has 1 saturated carbocycles. The van der Waals surface area contributed by atoms with E-state index in [0.717, 1.165) is 42.1 Å². The van der Waals surface area contributed by atoms with Gasteiger partial charge in [-0.25, -0.2) is 0 Å². The van der Waals surface area contributed by atoms with Gasteiger partial charge in [0.2, 0.25) is 11.8 Å². The van der Waals surface area contributed by atoms with Crippen molar-refractivity contribution in [1.29, 1.82) is 0 Å². The van der Waals surface area contributed by atoms with Crippen LogP contribution in [-0.2, 0) is 16.6 Å². The summed E-state index contributed by atoms with van der Waals surface area (Å²) in [6.45, 7) is 9.06. The predicted molar refractivity (Wildman–Crippen MR) is 144 cm³/mol. The van der Waals surface area contributed by atoms with Crippen molar-refractivity contribution < 1.29 is 9.59 Å². The average Bonchev–Trinajstić information content (AvgIpc) is 3.18. The number of aromatic nitrogens is 2. The number of fused-ring (bicyclic) bond motifs is 1. The first kappa shape index (κ1) is 25.2. The zero-order valence-electron chi connectivity index (χ0n) is 22.4. The highest BCUT2D eigenvalue weighted by molar-refractivity contribution is 6.02. The maximum Gasteiger partial charge on any atom is 0.235 e. The Balaban J connectivity index is 1.21. The quantitative estimate of drug-likeness (QED) is 0.445. The number of benzene rings is 1. The number of nitrogens with one attached hydrogen (secondary N) is 1. The molecular weight excluding hydrogens is 450 g/mol. The van der Waals surface area contributed by atoms with E-state index in [1.165, 1.54) is 63.6 Å². The lowest BCUT2D eigenvalue weighted by molar-refractivity contribution is -0.134. The lowest BCUT2D eigenvalue weighted by Gasteiger charge is -2.48. The van der Waals surface area contributed by atoms with E-state index in [2.05, 4.69) is 47.2 Å². The Kier molecular flexibility index (Phi) is 7.38. The molecular formula is C29H43N5O2. The van der Waals surface area contributed by atoms with Crippen molar-refractivity contribution >= 4 is 28.4 Å². The molecule has 7 nitrogen and oxygen atoms in total. The lowest BCUT2D eigenvalue weighted by Crippen LogP contribution is -2.59. The number of unbranched alkanes of at least 4 members (excludes halogenated alkanes) is 1. The summed E-state index contributed by atoms with van der Waals surface area (Å²) in [5.74, 6) is 0.204. The van der Waals surface area contributed by atoms with Crippen molar-refractivity contribution in [3.05, 3.63) is 23.9 Å². The summed E-state index contributed by atoms with van der Waals surface area (Å²) < 4.78 is 1.88. The molecule has 7 heteroatoms. The molecule has 2 amide bonds. The molecule has 3 aliphatic rings. The van der Waals surface area contributed by atoms with Gasteiger partial charge in [0.05, 0.1) is 17.1 Å². The number of piperidine rings is 1. The minimum Gasteiger partial charge on any atom is -0.368 e. The van der Waals surface area contributed by atoms with E-state index in [-0.39, 0.29) is 23.3 Å². The predicted octanol–water partition coefficient (Wildman–Crippen LogP) is 4.74. The first-order valence-corrected chi connectivity index (χ1v) is 14.1. The fraction of sp³-hybridized carbons (Fsp3) is 0.690. The molecule has 2 aliphatic heterocycles. The van der Waals surface area contributed by atoms with E-state index >= 15 is 0 Å². The molecule has 1 unspecified atom stereocenters. The molecule has 2 aromatic rings. The van der Waals surface area contributed by atoms with E-state index in [4.69, 9.17) is 5.10 Å². The van der Waals surface area contributed by atoms with Gasteiger partial charge < -0.3 is 4.90 Å². The average molecular weight is 494 g/mol. The molecule has 5 rings (SSSR count). The zero-order valence-corrected chi connectivity index (χ0v) is 22.4. The summed E-state index contributed by atoms with van der Waals surface area (Å²) in [4.78, 5) is 29.2. The van der Waals surface area contributed by atoms with Crippen LogP contribution in [0.25, 0.3) is 10.9 Å². The maximum absolute atomic E-state index is 12.5. The van der Waals surface area contributed by atoms with Crippen LogP contribution in [-0.4, -0.2) is 58.2 Å². The van der Waals surface area contributed by atoms with Crippen LogP contribution >= 0.6 is 0 Å². The smallest absolute Gasteiger partial charge is 0.235 e. The highest BCUT2D eigenvalue weighted by Gasteiger charge is 2.34. The maximum atomic E-state index is 12.5. The van der Waals surface area contributed by atoms with E-state index in [1.807, 2.05) is 11.7 Å². The van der Waals surface area contributed by atoms with Crippen LogP contribution < -0.4 is 10.2 Å². The van der Waals surface area contributed by atoms with E-state index < -0.39 is 0 Å². The number of carbonyl (C=O) groups excluding carboxylic acids is 2. The second-order valence-electron chi connectivity index (χ2n) is 11.9. The number of anilines is 1. The standard InChI is InChI=1S/C29H43N5O2/c1-29(2)20-33(17-18-34(29)16-8-7-11-21-9-5-4-6-10-21)22-12-13-23-25(19-22)32(3)31-27(23)24-14-15-26(35)30-28(24)36/h12-13,19,21,24H,4-11,14-18,20H2,1-3H3,(H,30,35,36). The highest BCUT2D eigenvalue weighted by atomic mass is 16.2. The summed E-state index contributed by atoms with van der Waals surface area (Å²) in [5.41, 5.74) is 3.16. The molecule has 1 atom stereocenters. The third kappa shape index (κ3) is 5.31. The van der Waals surface area contributed by atoms with Crippen LogP contribution in [0.15, 0.2) is 18.2 Å². The van der Waals surface area contributed by atoms with Crippen LogP contribution in [0, 0.1) is 5.92 Å². The molecule has 1 aromatic heterocycles. The Hall–Kier alpha value is -2.41. The number of nitrogens with zero attached hydrogens (tertiary/aromatic N) is 4. The summed E-state index contributed by atoms with van der Waals surface area (Å²) in [5, 5.41) is 8.19. The SMILES string of the molecule is Cn1nc(C2CCC(=O)NC2=O)c2ccc(N3CCN(CCCCC4CCCCC4)C(C)(C)C3)cc21. The van der Waals surface area contributed by atoms with Crippen molar-refractivity contribution in [2.45, 2.75) is 89.5 Å². The van der Waals surface area contributed by atoms with E-state index in [1.54, 1.807) is 0 Å². The van der Waals surface area contributed by atoms with Crippen molar-refractivity contribution in [1.82, 2.24) is 20.0 Å². The molecule has 0 radical (unpaired) electrons. The third-order valence-electron chi connectivity index (χ3n) is 8.89. The number of carbonyl (C=O) groups is 2. The molecule has 196 valence electrons. The Bertz CT molecular complexity index is 1100. The largest absolute Gasteiger partial charge is 0.368 e. The van der Waals surface area contributed by atoms with Gasteiger partial charge in [0.15, 0.2) is 0 Å². The molecule has 1 N–H and O–H groups in total. The summed E-state index contributed by atoms with van der Waals surface area (Å²) >= 11 is 0. The van der Waals surface area contributed by atoms with Crippen LogP contribution in [0.2, 0.25) is 0 Å². The van der Waals surface area contributed by atoms with Gasteiger partial charge in [-0.05, 0) is 57.4 Å². The highest BCUT2D eigenvalue weighted by Crippen LogP contribution is 2.34. The molecule has 2 saturated heterocycles. The number of aryl methyl sites for hydroxylation is 1. The molecule has 3 heterocycles. The monoisotopic (exact) mass is 493 g/mol. The van der Waals surface area contributed by atoms with Crippen molar-refractivity contribution in [2.75, 3.05) is 31.1 Å². The molecule has 3 fully saturated rings. The molecule has 1 aromatic carbocycles. The fourth-order valence-electron chi connectivity index (χ4n) is 6.72. The van der Waals surface area contributed by atoms with Crippen molar-refractivity contribution in [3.63, 3.8) is 0 Å². The third-order valence-corrected chi connectivity index (χ3v) is 8.89. The number of rotatable bonds is 7. The number of imide groups is 1. The van der Waals surface area contributed by atoms with Gasteiger partial charge in [0.1, 0.15) is 0 Å². The summed E-state index contributed by atoms with van der Waals surface area (Å²) in [6.07, 6.45) is 12.3. The Morgan fingerprint density at radius 1 is 1.06 bits per heavy atom. The van der Waals surface area contributed by atoms with Crippen LogP contribution in [0.3, 0.4) is 0 Å². The first-order chi connectivity index (χ1) is 17.3. The zero-order chi connectivity index (χ0) is 25.3. The summed E-state index contributed by atoms with van der Waals surface area (Å²) in [7, 11) is 1.94. The number of hydrogen-bond acceptors (Lipinski definition) is 5. The van der Waals surface area contributed by atoms with Crippen molar-refractivity contribution in [3.8, 4) is 0 Å². The number of amides is 2. The van der Waals surface area contributed by atoms with Gasteiger partial charge in [-0.15, -0.1) is 0 Å². The lowest BCUT2D eigenvalue weighted by atomic mass is 9.86. The van der Waals surface area contributed by atoms with E-state index in [9.17, 15) is 9.59 Å². The molecule has 0 bridgehead atoms. The minimum absolute atomic E-state index is 0.127. The Morgan fingerprint density at radius 3 is 2.61 bits per heavy atom. The van der Waals surface area contributed by atoms with Crippen LogP contribution in [0.1, 0.15) is 89.7 Å². The van der Waals surface area contributed by atoms with Crippen LogP contribution in [0.5, 0.6) is 0 Å². The topological polar surface area (TPSA) is 70.5 Å². The van der Waals surface area contributed by atoms with Crippen LogP contribution in [0.4, 0.5) is 5.69 Å². The molecule has 1 aliphatic carbocycles. The van der Waals surface area contributed by atoms with Gasteiger partial charge in [-0.2, -0.15) is 5.10 Å². The van der Waals surface area contributed by atoms with E-state index in [0.29, 0.717) is 12.8 Å². The van der Waals surface area contributed by atoms with Gasteiger partial charge >= 0.3 is 0 Å². The number of hydrogen-bond donors (Lipinski definition) is 1. The second-order valence-corrected chi connectivity index (χ2v) is 11.9. The second kappa shape index (κ2) is 10.5. The Morgan fingerprint density at radius 2 is 1.86 bits per heavy atom. The fourth-order valence-corrected chi connectivity index (χ4v) is 6.72. The van der Waals surface area contributed by atoms with Crippen molar-refractivity contribution in [2.24, 2.45) is 13.0 Å². The molecule has 36 heavy (non-hydrogen) atoms. The summed E-state index contributed by atoms with van der Waals surface area (Å²) in [6, 6.07) is 6.50. The molecule has 0 spiro atoms. The number of piperazine rings is 1. The van der Waals surface area contributed by atoms with Gasteiger partial charge in [0, 0.05) is 49.7 Å². The van der Waals surface area contributed by atoms with Gasteiger partial charge in [-0.1, -0.05) is 44.9 Å². The normalized spacial score (nSPS) is 23.9. The van der Waals surface area contributed by atoms with Gasteiger partial charge in [0.25, 0.3) is 0 Å².